The summed E-state index contributed by atoms with van der Waals surface area (Å²) in [6.07, 6.45) is 1.41. The van der Waals surface area contributed by atoms with Crippen molar-refractivity contribution in [3.63, 3.8) is 0 Å². The van der Waals surface area contributed by atoms with E-state index in [0.29, 0.717) is 35.5 Å². The molecule has 0 amide bonds. The van der Waals surface area contributed by atoms with Gasteiger partial charge in [0.05, 0.1) is 25.3 Å². The molecular formula is C20H20N2O2S. The molecule has 0 heterocycles. The van der Waals surface area contributed by atoms with Gasteiger partial charge in [0.25, 0.3) is 0 Å². The molecular weight excluding hydrogens is 332 g/mol. The van der Waals surface area contributed by atoms with Crippen molar-refractivity contribution in [1.82, 2.24) is 0 Å². The average molecular weight is 352 g/mol. The molecule has 0 radical (unpaired) electrons. The number of hydrogen-bond acceptors (Lipinski definition) is 5. The van der Waals surface area contributed by atoms with E-state index in [4.69, 9.17) is 9.47 Å². The summed E-state index contributed by atoms with van der Waals surface area (Å²) in [5.41, 5.74) is 2.98. The number of benzene rings is 2. The second-order valence-corrected chi connectivity index (χ2v) is 6.36. The monoisotopic (exact) mass is 352 g/mol. The molecule has 2 aromatic rings. The maximum absolute atomic E-state index is 9.63. The fraction of sp³-hybridized carbons (Fsp3) is 0.300. The fourth-order valence-corrected chi connectivity index (χ4v) is 3.88. The molecule has 0 N–H and O–H groups in total. The maximum atomic E-state index is 9.63. The summed E-state index contributed by atoms with van der Waals surface area (Å²) < 4.78 is 10.7. The Bertz CT molecular complexity index is 792. The van der Waals surface area contributed by atoms with Crippen molar-refractivity contribution >= 4 is 11.8 Å². The molecule has 0 spiro atoms. The molecule has 0 fully saturated rings. The number of nitrogens with zero attached hydrogens (tertiary/aromatic N) is 2. The van der Waals surface area contributed by atoms with Crippen LogP contribution in [0, 0.1) is 22.7 Å². The van der Waals surface area contributed by atoms with Gasteiger partial charge < -0.3 is 9.47 Å². The Kier molecular flexibility index (Phi) is 6.33. The minimum atomic E-state index is 0.601. The molecule has 0 bridgehead atoms. The van der Waals surface area contributed by atoms with Crippen LogP contribution in [0.4, 0.5) is 0 Å². The van der Waals surface area contributed by atoms with E-state index >= 15 is 0 Å². The van der Waals surface area contributed by atoms with Crippen LogP contribution in [0.25, 0.3) is 0 Å². The zero-order valence-corrected chi connectivity index (χ0v) is 15.7. The van der Waals surface area contributed by atoms with E-state index in [1.807, 2.05) is 38.1 Å². The van der Waals surface area contributed by atoms with Crippen LogP contribution in [-0.2, 0) is 12.8 Å². The van der Waals surface area contributed by atoms with Gasteiger partial charge in [-0.15, -0.1) is 0 Å². The predicted octanol–water partition coefficient (Wildman–Crippen LogP) is 4.72. The van der Waals surface area contributed by atoms with E-state index < -0.39 is 0 Å². The van der Waals surface area contributed by atoms with Gasteiger partial charge in [-0.25, -0.2) is 0 Å². The van der Waals surface area contributed by atoms with Crippen molar-refractivity contribution in [1.29, 1.82) is 10.5 Å². The van der Waals surface area contributed by atoms with Crippen LogP contribution in [0.5, 0.6) is 11.5 Å². The number of methoxy groups -OCH3 is 2. The van der Waals surface area contributed by atoms with Crippen LogP contribution in [0.15, 0.2) is 34.1 Å². The molecule has 5 heteroatoms. The van der Waals surface area contributed by atoms with Crippen molar-refractivity contribution in [3.8, 4) is 23.6 Å². The standard InChI is InChI=1S/C20H20N2O2S/c1-5-13-15(11-21)19(9-7-17(13)23-3)25-20-10-8-18(24-4)14(6-2)16(20)12-22/h7-10H,5-6H2,1-4H3. The molecule has 0 aliphatic heterocycles. The number of rotatable bonds is 6. The lowest BCUT2D eigenvalue weighted by Crippen LogP contribution is -1.98. The topological polar surface area (TPSA) is 66.0 Å². The van der Waals surface area contributed by atoms with Gasteiger partial charge >= 0.3 is 0 Å². The zero-order valence-electron chi connectivity index (χ0n) is 14.8. The summed E-state index contributed by atoms with van der Waals surface area (Å²) in [5.74, 6) is 1.43. The SMILES string of the molecule is CCc1c(OC)ccc(Sc2ccc(OC)c(CC)c2C#N)c1C#N. The van der Waals surface area contributed by atoms with Crippen molar-refractivity contribution in [2.45, 2.75) is 36.5 Å². The minimum Gasteiger partial charge on any atom is -0.496 e. The molecule has 0 aliphatic carbocycles. The summed E-state index contributed by atoms with van der Waals surface area (Å²) >= 11 is 1.43. The molecule has 0 aromatic heterocycles. The highest BCUT2D eigenvalue weighted by molar-refractivity contribution is 7.99. The van der Waals surface area contributed by atoms with Gasteiger partial charge in [0.1, 0.15) is 23.6 Å². The van der Waals surface area contributed by atoms with Crippen LogP contribution in [0.1, 0.15) is 36.1 Å². The van der Waals surface area contributed by atoms with Crippen molar-refractivity contribution in [2.24, 2.45) is 0 Å². The zero-order chi connectivity index (χ0) is 18.4. The first kappa shape index (κ1) is 18.7. The van der Waals surface area contributed by atoms with Gasteiger partial charge in [-0.1, -0.05) is 25.6 Å². The Balaban J connectivity index is 2.58. The second kappa shape index (κ2) is 8.46. The Hall–Kier alpha value is -2.63. The molecule has 2 aromatic carbocycles. The first-order chi connectivity index (χ1) is 12.1. The summed E-state index contributed by atoms with van der Waals surface area (Å²) in [6.45, 7) is 3.99. The van der Waals surface area contributed by atoms with Gasteiger partial charge in [-0.2, -0.15) is 10.5 Å². The molecule has 0 atom stereocenters. The lowest BCUT2D eigenvalue weighted by Gasteiger charge is -2.15. The van der Waals surface area contributed by atoms with Crippen molar-refractivity contribution < 1.29 is 9.47 Å². The van der Waals surface area contributed by atoms with Gasteiger partial charge in [-0.05, 0) is 37.1 Å². The van der Waals surface area contributed by atoms with Gasteiger partial charge in [0, 0.05) is 20.9 Å². The molecule has 0 saturated heterocycles. The third kappa shape index (κ3) is 3.57. The molecule has 2 rings (SSSR count). The average Bonchev–Trinajstić information content (AvgIpc) is 2.66. The van der Waals surface area contributed by atoms with Crippen LogP contribution < -0.4 is 9.47 Å². The smallest absolute Gasteiger partial charge is 0.123 e. The Morgan fingerprint density at radius 1 is 0.800 bits per heavy atom. The summed E-state index contributed by atoms with van der Waals surface area (Å²) in [6, 6.07) is 12.1. The number of ether oxygens (including phenoxy) is 2. The van der Waals surface area contributed by atoms with E-state index in [0.717, 1.165) is 20.9 Å². The minimum absolute atomic E-state index is 0.601. The van der Waals surface area contributed by atoms with E-state index in [1.54, 1.807) is 14.2 Å². The van der Waals surface area contributed by atoms with Crippen molar-refractivity contribution in [3.05, 3.63) is 46.5 Å². The van der Waals surface area contributed by atoms with Gasteiger partial charge in [-0.3, -0.25) is 0 Å². The van der Waals surface area contributed by atoms with Crippen molar-refractivity contribution in [2.75, 3.05) is 14.2 Å². The van der Waals surface area contributed by atoms with E-state index in [-0.39, 0.29) is 0 Å². The Morgan fingerprint density at radius 2 is 1.20 bits per heavy atom. The van der Waals surface area contributed by atoms with E-state index in [1.165, 1.54) is 11.8 Å². The van der Waals surface area contributed by atoms with E-state index in [2.05, 4.69) is 12.1 Å². The first-order valence-electron chi connectivity index (χ1n) is 8.02. The molecule has 128 valence electrons. The third-order valence-electron chi connectivity index (χ3n) is 4.05. The Labute approximate surface area is 153 Å². The van der Waals surface area contributed by atoms with Crippen LogP contribution in [0.3, 0.4) is 0 Å². The normalized spacial score (nSPS) is 10.0. The predicted molar refractivity (Wildman–Crippen MR) is 98.3 cm³/mol. The molecule has 0 saturated carbocycles. The third-order valence-corrected chi connectivity index (χ3v) is 5.17. The van der Waals surface area contributed by atoms with Crippen LogP contribution >= 0.6 is 11.8 Å². The Morgan fingerprint density at radius 3 is 1.48 bits per heavy atom. The summed E-state index contributed by atoms with van der Waals surface area (Å²) in [5, 5.41) is 19.3. The summed E-state index contributed by atoms with van der Waals surface area (Å²) in [4.78, 5) is 1.65. The molecule has 0 unspecified atom stereocenters. The highest BCUT2D eigenvalue weighted by atomic mass is 32.2. The largest absolute Gasteiger partial charge is 0.496 e. The highest BCUT2D eigenvalue weighted by Gasteiger charge is 2.17. The molecule has 0 aliphatic rings. The van der Waals surface area contributed by atoms with Gasteiger partial charge in [0.2, 0.25) is 0 Å². The van der Waals surface area contributed by atoms with Crippen LogP contribution in [0.2, 0.25) is 0 Å². The quantitative estimate of drug-likeness (QED) is 0.752. The fourth-order valence-electron chi connectivity index (χ4n) is 2.83. The van der Waals surface area contributed by atoms with Crippen LogP contribution in [-0.4, -0.2) is 14.2 Å². The van der Waals surface area contributed by atoms with E-state index in [9.17, 15) is 10.5 Å². The molecule has 4 nitrogen and oxygen atoms in total. The molecule has 25 heavy (non-hydrogen) atoms. The lowest BCUT2D eigenvalue weighted by atomic mass is 10.0. The lowest BCUT2D eigenvalue weighted by molar-refractivity contribution is 0.409. The maximum Gasteiger partial charge on any atom is 0.123 e. The number of nitriles is 2. The van der Waals surface area contributed by atoms with Gasteiger partial charge in [0.15, 0.2) is 0 Å². The first-order valence-corrected chi connectivity index (χ1v) is 8.84. The highest BCUT2D eigenvalue weighted by Crippen LogP contribution is 2.39. The number of hydrogen-bond donors (Lipinski definition) is 0. The second-order valence-electron chi connectivity index (χ2n) is 5.27. The summed E-state index contributed by atoms with van der Waals surface area (Å²) in [7, 11) is 3.21.